The third-order valence-corrected chi connectivity index (χ3v) is 4.76. The van der Waals surface area contributed by atoms with Crippen LogP contribution in [0.2, 0.25) is 0 Å². The van der Waals surface area contributed by atoms with E-state index in [4.69, 9.17) is 0 Å². The highest BCUT2D eigenvalue weighted by Crippen LogP contribution is 2.51. The second-order valence-corrected chi connectivity index (χ2v) is 6.43. The van der Waals surface area contributed by atoms with Crippen LogP contribution in [0.1, 0.15) is 5.56 Å². The summed E-state index contributed by atoms with van der Waals surface area (Å²) in [4.78, 5) is 0. The zero-order chi connectivity index (χ0) is 9.86. The molecule has 1 aliphatic heterocycles. The molecule has 1 heterocycles. The van der Waals surface area contributed by atoms with Crippen molar-refractivity contribution in [2.24, 2.45) is 0 Å². The van der Waals surface area contributed by atoms with Crippen molar-refractivity contribution in [3.05, 3.63) is 59.9 Å². The molecule has 2 rings (SSSR count). The van der Waals surface area contributed by atoms with Crippen molar-refractivity contribution in [2.45, 2.75) is 6.16 Å². The lowest BCUT2D eigenvalue weighted by Crippen LogP contribution is -1.91. The molecule has 14 heavy (non-hydrogen) atoms. The summed E-state index contributed by atoms with van der Waals surface area (Å²) in [5.41, 5.74) is 1.16. The molecular formula is C12H13OP. The van der Waals surface area contributed by atoms with E-state index in [9.17, 15) is 4.57 Å². The van der Waals surface area contributed by atoms with Crippen LogP contribution in [0, 0.1) is 0 Å². The smallest absolute Gasteiger partial charge is 0.116 e. The van der Waals surface area contributed by atoms with Crippen molar-refractivity contribution in [1.82, 2.24) is 0 Å². The summed E-state index contributed by atoms with van der Waals surface area (Å²) < 4.78 is 12.3. The van der Waals surface area contributed by atoms with Crippen molar-refractivity contribution < 1.29 is 4.57 Å². The number of benzene rings is 1. The Morgan fingerprint density at radius 1 is 1.14 bits per heavy atom. The van der Waals surface area contributed by atoms with Gasteiger partial charge in [-0.1, -0.05) is 48.6 Å². The van der Waals surface area contributed by atoms with Gasteiger partial charge in [0.05, 0.1) is 0 Å². The topological polar surface area (TPSA) is 17.1 Å². The van der Waals surface area contributed by atoms with E-state index in [0.717, 1.165) is 5.56 Å². The van der Waals surface area contributed by atoms with Gasteiger partial charge >= 0.3 is 0 Å². The predicted molar refractivity (Wildman–Crippen MR) is 60.9 cm³/mol. The van der Waals surface area contributed by atoms with E-state index in [2.05, 4.69) is 0 Å². The monoisotopic (exact) mass is 204 g/mol. The minimum Gasteiger partial charge on any atom is -0.319 e. The fraction of sp³-hybridized carbons (Fsp3) is 0.167. The molecule has 0 amide bonds. The Morgan fingerprint density at radius 2 is 1.93 bits per heavy atom. The fourth-order valence-electron chi connectivity index (χ4n) is 1.59. The van der Waals surface area contributed by atoms with Gasteiger partial charge < -0.3 is 4.57 Å². The van der Waals surface area contributed by atoms with E-state index in [1.807, 2.05) is 54.4 Å². The molecule has 1 aromatic rings. The Kier molecular flexibility index (Phi) is 2.69. The zero-order valence-electron chi connectivity index (χ0n) is 7.97. The summed E-state index contributed by atoms with van der Waals surface area (Å²) in [6, 6.07) is 10.0. The Hall–Kier alpha value is -1.07. The van der Waals surface area contributed by atoms with Gasteiger partial charge in [-0.3, -0.25) is 0 Å². The van der Waals surface area contributed by atoms with Crippen molar-refractivity contribution in [3.63, 3.8) is 0 Å². The Bertz CT molecular complexity index is 404. The van der Waals surface area contributed by atoms with Gasteiger partial charge in [0.25, 0.3) is 0 Å². The van der Waals surface area contributed by atoms with Gasteiger partial charge in [-0.2, -0.15) is 0 Å². The van der Waals surface area contributed by atoms with E-state index >= 15 is 0 Å². The molecule has 72 valence electrons. The van der Waals surface area contributed by atoms with Crippen LogP contribution >= 0.6 is 7.14 Å². The van der Waals surface area contributed by atoms with Crippen molar-refractivity contribution in [2.75, 3.05) is 6.16 Å². The molecule has 2 heteroatoms. The van der Waals surface area contributed by atoms with E-state index < -0.39 is 7.14 Å². The molecule has 1 nitrogen and oxygen atoms in total. The summed E-state index contributed by atoms with van der Waals surface area (Å²) in [5.74, 6) is 1.88. The first-order valence-electron chi connectivity index (χ1n) is 4.75. The molecule has 0 radical (unpaired) electrons. The summed E-state index contributed by atoms with van der Waals surface area (Å²) in [5, 5.41) is 0. The summed E-state index contributed by atoms with van der Waals surface area (Å²) in [7, 11) is -2.10. The first kappa shape index (κ1) is 9.48. The minimum absolute atomic E-state index is 0.689. The standard InChI is InChI=1S/C12H13OP/c13-14(9-5-2-6-10-14)11-12-7-3-1-4-8-12/h1-9H,10-11H2. The summed E-state index contributed by atoms with van der Waals surface area (Å²) in [6.07, 6.45) is 7.24. The van der Waals surface area contributed by atoms with E-state index in [1.54, 1.807) is 0 Å². The second kappa shape index (κ2) is 3.98. The lowest BCUT2D eigenvalue weighted by atomic mass is 10.2. The number of hydrogen-bond donors (Lipinski definition) is 0. The molecule has 0 saturated carbocycles. The number of rotatable bonds is 2. The second-order valence-electron chi connectivity index (χ2n) is 3.55. The molecule has 1 atom stereocenters. The third-order valence-electron chi connectivity index (χ3n) is 2.31. The van der Waals surface area contributed by atoms with Gasteiger partial charge in [0.2, 0.25) is 0 Å². The van der Waals surface area contributed by atoms with Crippen LogP contribution < -0.4 is 0 Å². The van der Waals surface area contributed by atoms with Crippen LogP contribution in [0.15, 0.2) is 54.4 Å². The predicted octanol–water partition coefficient (Wildman–Crippen LogP) is 3.63. The van der Waals surface area contributed by atoms with E-state index in [-0.39, 0.29) is 0 Å². The normalized spacial score (nSPS) is 25.1. The third kappa shape index (κ3) is 2.24. The first-order chi connectivity index (χ1) is 6.79. The quantitative estimate of drug-likeness (QED) is 0.672. The van der Waals surface area contributed by atoms with Gasteiger partial charge in [0.1, 0.15) is 7.14 Å². The van der Waals surface area contributed by atoms with Crippen LogP contribution in [0.5, 0.6) is 0 Å². The van der Waals surface area contributed by atoms with Crippen LogP contribution in [-0.2, 0) is 10.7 Å². The minimum atomic E-state index is -2.10. The first-order valence-corrected chi connectivity index (χ1v) is 6.89. The highest BCUT2D eigenvalue weighted by Gasteiger charge is 2.18. The van der Waals surface area contributed by atoms with Gasteiger partial charge in [-0.25, -0.2) is 0 Å². The molecule has 0 aliphatic carbocycles. The maximum atomic E-state index is 12.3. The Balaban J connectivity index is 2.15. The molecule has 1 aliphatic rings. The van der Waals surface area contributed by atoms with Crippen LogP contribution in [0.25, 0.3) is 0 Å². The molecule has 0 fully saturated rings. The number of hydrogen-bond acceptors (Lipinski definition) is 1. The molecule has 0 spiro atoms. The van der Waals surface area contributed by atoms with Gasteiger partial charge in [0, 0.05) is 12.3 Å². The summed E-state index contributed by atoms with van der Waals surface area (Å²) in [6.45, 7) is 0. The molecule has 1 unspecified atom stereocenters. The fourth-order valence-corrected chi connectivity index (χ4v) is 3.67. The van der Waals surface area contributed by atoms with Crippen molar-refractivity contribution >= 4 is 7.14 Å². The highest BCUT2D eigenvalue weighted by molar-refractivity contribution is 7.66. The van der Waals surface area contributed by atoms with Gasteiger partial charge in [0.15, 0.2) is 0 Å². The molecular weight excluding hydrogens is 191 g/mol. The lowest BCUT2D eigenvalue weighted by molar-refractivity contribution is 0.581. The van der Waals surface area contributed by atoms with Crippen LogP contribution in [0.4, 0.5) is 0 Å². The summed E-state index contributed by atoms with van der Waals surface area (Å²) >= 11 is 0. The highest BCUT2D eigenvalue weighted by atomic mass is 31.2. The van der Waals surface area contributed by atoms with Gasteiger partial charge in [-0.15, -0.1) is 0 Å². The Labute approximate surface area is 84.5 Å². The average Bonchev–Trinajstić information content (AvgIpc) is 2.19. The van der Waals surface area contributed by atoms with Crippen LogP contribution in [-0.4, -0.2) is 6.16 Å². The van der Waals surface area contributed by atoms with E-state index in [0.29, 0.717) is 12.3 Å². The molecule has 0 N–H and O–H groups in total. The largest absolute Gasteiger partial charge is 0.319 e. The molecule has 1 aromatic carbocycles. The SMILES string of the molecule is O=P1(Cc2ccccc2)C=CC=CC1. The van der Waals surface area contributed by atoms with Crippen LogP contribution in [0.3, 0.4) is 0 Å². The lowest BCUT2D eigenvalue weighted by Gasteiger charge is -2.14. The molecule has 0 saturated heterocycles. The maximum Gasteiger partial charge on any atom is 0.116 e. The zero-order valence-corrected chi connectivity index (χ0v) is 8.86. The van der Waals surface area contributed by atoms with Gasteiger partial charge in [-0.05, 0) is 11.4 Å². The Morgan fingerprint density at radius 3 is 2.57 bits per heavy atom. The maximum absolute atomic E-state index is 12.3. The molecule has 0 bridgehead atoms. The molecule has 0 aromatic heterocycles. The van der Waals surface area contributed by atoms with Crippen molar-refractivity contribution in [3.8, 4) is 0 Å². The average molecular weight is 204 g/mol. The van der Waals surface area contributed by atoms with Crippen molar-refractivity contribution in [1.29, 1.82) is 0 Å². The number of allylic oxidation sites excluding steroid dienone is 3. The van der Waals surface area contributed by atoms with E-state index in [1.165, 1.54) is 0 Å².